The van der Waals surface area contributed by atoms with E-state index in [1.54, 1.807) is 6.08 Å². The molecule has 0 aromatic carbocycles. The Labute approximate surface area is 528 Å². The minimum Gasteiger partial charge on any atom is -0.394 e. The molecule has 3 fully saturated rings. The molecular weight excluding hydrogens is 1130 g/mol. The van der Waals surface area contributed by atoms with E-state index < -0.39 is 124 Å². The van der Waals surface area contributed by atoms with Gasteiger partial charge in [0.15, 0.2) is 18.9 Å². The Morgan fingerprint density at radius 3 is 1.23 bits per heavy atom. The van der Waals surface area contributed by atoms with E-state index in [-0.39, 0.29) is 18.9 Å². The summed E-state index contributed by atoms with van der Waals surface area (Å²) in [6.45, 7) is 1.59. The van der Waals surface area contributed by atoms with Crippen LogP contribution in [0.2, 0.25) is 0 Å². The first-order chi connectivity index (χ1) is 42.8. The minimum atomic E-state index is -1.98. The molecule has 0 aromatic rings. The zero-order valence-corrected chi connectivity index (χ0v) is 53.9. The van der Waals surface area contributed by atoms with Crippen LogP contribution in [0.1, 0.15) is 239 Å². The lowest BCUT2D eigenvalue weighted by Crippen LogP contribution is -2.66. The summed E-state index contributed by atoms with van der Waals surface area (Å²) in [4.78, 5) is 13.3. The Morgan fingerprint density at radius 1 is 0.420 bits per heavy atom. The Morgan fingerprint density at radius 2 is 0.784 bits per heavy atom. The van der Waals surface area contributed by atoms with Gasteiger partial charge in [0.05, 0.1) is 38.6 Å². The molecule has 0 spiro atoms. The maximum atomic E-state index is 13.3. The summed E-state index contributed by atoms with van der Waals surface area (Å²) >= 11 is 0. The third-order valence-electron chi connectivity index (χ3n) is 17.1. The zero-order valence-electron chi connectivity index (χ0n) is 53.9. The van der Waals surface area contributed by atoms with Gasteiger partial charge in [-0.2, -0.15) is 0 Å². The number of aliphatic hydroxyl groups is 11. The second-order valence-corrected chi connectivity index (χ2v) is 24.6. The minimum absolute atomic E-state index is 0.189. The second kappa shape index (κ2) is 51.0. The number of carbonyl (C=O) groups is 1. The highest BCUT2D eigenvalue weighted by atomic mass is 16.8. The molecule has 0 bridgehead atoms. The van der Waals surface area contributed by atoms with Crippen LogP contribution in [0.5, 0.6) is 0 Å². The van der Waals surface area contributed by atoms with Gasteiger partial charge in [-0.3, -0.25) is 4.79 Å². The van der Waals surface area contributed by atoms with Crippen molar-refractivity contribution in [3.05, 3.63) is 60.8 Å². The first-order valence-corrected chi connectivity index (χ1v) is 34.5. The molecule has 3 aliphatic rings. The van der Waals surface area contributed by atoms with Gasteiger partial charge in [0.1, 0.15) is 73.2 Å². The number of hydrogen-bond donors (Lipinski definition) is 12. The maximum absolute atomic E-state index is 13.3. The topological polar surface area (TPSA) is 307 Å². The molecule has 0 saturated carbocycles. The van der Waals surface area contributed by atoms with E-state index in [4.69, 9.17) is 28.4 Å². The molecule has 3 saturated heterocycles. The molecule has 3 heterocycles. The highest BCUT2D eigenvalue weighted by molar-refractivity contribution is 5.76. The van der Waals surface area contributed by atoms with E-state index in [9.17, 15) is 61.0 Å². The molecule has 0 aromatic heterocycles. The highest BCUT2D eigenvalue weighted by Crippen LogP contribution is 2.33. The normalized spacial score (nSPS) is 28.8. The predicted molar refractivity (Wildman–Crippen MR) is 342 cm³/mol. The zero-order chi connectivity index (χ0) is 64.0. The molecular formula is C69H123NO18. The van der Waals surface area contributed by atoms with Gasteiger partial charge in [-0.25, -0.2) is 0 Å². The lowest BCUT2D eigenvalue weighted by atomic mass is 9.96. The van der Waals surface area contributed by atoms with Crippen LogP contribution >= 0.6 is 0 Å². The molecule has 17 unspecified atom stereocenters. The standard InChI is InChI=1S/C69H123NO18/c1-3-5-7-9-11-13-15-17-19-20-21-22-23-24-25-26-27-28-29-30-31-33-34-36-38-40-42-44-46-53(74)52(70-57(75)47-45-43-41-39-37-35-32-18-16-14-12-10-8-6-4-2)51-83-67-63(81)60(78)65(55(49-72)85-67)88-69-64(82)61(79)66(56(50-73)86-69)87-68-62(80)59(77)58(76)54(48-71)84-68/h6,8,12,14,18,32,37,39,44,46,52-56,58-69,71-74,76-82H,3-5,7,9-11,13,15-17,19-31,33-36,38,40-43,45,47-51H2,1-2H3,(H,70,75)/b8-6-,14-12-,32-18-,39-37-,46-44+. The average molecular weight is 1250 g/mol. The van der Waals surface area contributed by atoms with Crippen molar-refractivity contribution >= 4 is 5.91 Å². The summed E-state index contributed by atoms with van der Waals surface area (Å²) in [6, 6.07) is -0.998. The SMILES string of the molecule is CC/C=C\C/C=C\C/C=C\C/C=C\CCCCC(=O)NC(COC1OC(CO)C(OC2OC(CO)C(OC3OC(CO)C(O)C(O)C3O)C(O)C2O)C(O)C1O)C(O)/C=C/CCCCCCCCCCCCCCCCCCCCCCCCCCCC. The quantitative estimate of drug-likeness (QED) is 0.0200. The molecule has 3 rings (SSSR count). The molecule has 1 amide bonds. The summed E-state index contributed by atoms with van der Waals surface area (Å²) in [5, 5.41) is 120. The van der Waals surface area contributed by atoms with Crippen molar-refractivity contribution in [2.75, 3.05) is 26.4 Å². The number of rotatable bonds is 52. The third kappa shape index (κ3) is 32.9. The van der Waals surface area contributed by atoms with Crippen LogP contribution in [0.25, 0.3) is 0 Å². The summed E-state index contributed by atoms with van der Waals surface area (Å²) < 4.78 is 34.3. The van der Waals surface area contributed by atoms with E-state index in [1.807, 2.05) is 6.08 Å². The first kappa shape index (κ1) is 79.7. The van der Waals surface area contributed by atoms with Crippen LogP contribution < -0.4 is 5.32 Å². The van der Waals surface area contributed by atoms with Gasteiger partial charge >= 0.3 is 0 Å². The van der Waals surface area contributed by atoms with Crippen molar-refractivity contribution in [3.8, 4) is 0 Å². The fourth-order valence-corrected chi connectivity index (χ4v) is 11.5. The van der Waals surface area contributed by atoms with Gasteiger partial charge in [0, 0.05) is 6.42 Å². The van der Waals surface area contributed by atoms with Crippen molar-refractivity contribution in [3.63, 3.8) is 0 Å². The van der Waals surface area contributed by atoms with E-state index in [1.165, 1.54) is 148 Å². The summed E-state index contributed by atoms with van der Waals surface area (Å²) in [7, 11) is 0. The molecule has 3 aliphatic heterocycles. The molecule has 0 aliphatic carbocycles. The predicted octanol–water partition coefficient (Wildman–Crippen LogP) is 8.77. The van der Waals surface area contributed by atoms with E-state index in [0.717, 1.165) is 64.2 Å². The van der Waals surface area contributed by atoms with Gasteiger partial charge in [-0.1, -0.05) is 235 Å². The highest BCUT2D eigenvalue weighted by Gasteiger charge is 2.53. The van der Waals surface area contributed by atoms with Crippen LogP contribution in [0.15, 0.2) is 60.8 Å². The average Bonchev–Trinajstić information content (AvgIpc) is 3.59. The Bertz CT molecular complexity index is 1830. The largest absolute Gasteiger partial charge is 0.394 e. The number of hydrogen-bond acceptors (Lipinski definition) is 18. The Kier molecular flexibility index (Phi) is 46.2. The summed E-state index contributed by atoms with van der Waals surface area (Å²) in [5.74, 6) is -0.316. The summed E-state index contributed by atoms with van der Waals surface area (Å²) in [5.41, 5.74) is 0. The number of allylic oxidation sites excluding steroid dienone is 9. The van der Waals surface area contributed by atoms with E-state index in [2.05, 4.69) is 67.8 Å². The van der Waals surface area contributed by atoms with Gasteiger partial charge in [0.2, 0.25) is 5.91 Å². The second-order valence-electron chi connectivity index (χ2n) is 24.6. The van der Waals surface area contributed by atoms with E-state index in [0.29, 0.717) is 6.42 Å². The maximum Gasteiger partial charge on any atom is 0.220 e. The Hall–Kier alpha value is -2.51. The number of unbranched alkanes of at least 4 members (excludes halogenated alkanes) is 28. The number of ether oxygens (including phenoxy) is 6. The molecule has 0 radical (unpaired) electrons. The number of nitrogens with one attached hydrogen (secondary N) is 1. The van der Waals surface area contributed by atoms with Gasteiger partial charge in [0.25, 0.3) is 0 Å². The van der Waals surface area contributed by atoms with Crippen LogP contribution in [-0.4, -0.2) is 193 Å². The molecule has 512 valence electrons. The van der Waals surface area contributed by atoms with Crippen LogP contribution in [0.3, 0.4) is 0 Å². The molecule has 17 atom stereocenters. The van der Waals surface area contributed by atoms with Gasteiger partial charge in [-0.05, 0) is 57.8 Å². The van der Waals surface area contributed by atoms with Gasteiger partial charge in [-0.15, -0.1) is 0 Å². The molecule has 88 heavy (non-hydrogen) atoms. The van der Waals surface area contributed by atoms with Crippen molar-refractivity contribution in [2.45, 2.75) is 343 Å². The van der Waals surface area contributed by atoms with Crippen molar-refractivity contribution in [1.29, 1.82) is 0 Å². The first-order valence-electron chi connectivity index (χ1n) is 34.5. The molecule has 19 nitrogen and oxygen atoms in total. The van der Waals surface area contributed by atoms with Crippen molar-refractivity contribution in [1.82, 2.24) is 5.32 Å². The lowest BCUT2D eigenvalue weighted by molar-refractivity contribution is -0.379. The molecule has 12 N–H and O–H groups in total. The fraction of sp³-hybridized carbons (Fsp3) is 0.841. The smallest absolute Gasteiger partial charge is 0.220 e. The van der Waals surface area contributed by atoms with Crippen LogP contribution in [-0.2, 0) is 33.2 Å². The fourth-order valence-electron chi connectivity index (χ4n) is 11.5. The lowest BCUT2D eigenvalue weighted by Gasteiger charge is -2.48. The molecule has 19 heteroatoms. The summed E-state index contributed by atoms with van der Waals surface area (Å²) in [6.07, 6.45) is 35.0. The Balaban J connectivity index is 1.43. The van der Waals surface area contributed by atoms with Crippen molar-refractivity contribution < 1.29 is 89.4 Å². The van der Waals surface area contributed by atoms with E-state index >= 15 is 0 Å². The van der Waals surface area contributed by atoms with Gasteiger partial charge < -0.3 is 89.9 Å². The third-order valence-corrected chi connectivity index (χ3v) is 17.1. The number of aliphatic hydroxyl groups excluding tert-OH is 11. The van der Waals surface area contributed by atoms with Crippen LogP contribution in [0.4, 0.5) is 0 Å². The number of amides is 1. The van der Waals surface area contributed by atoms with Crippen molar-refractivity contribution in [2.24, 2.45) is 0 Å². The van der Waals surface area contributed by atoms with Crippen LogP contribution in [0, 0.1) is 0 Å². The monoisotopic (exact) mass is 1250 g/mol. The number of carbonyl (C=O) groups excluding carboxylic acids is 1.